The molecule has 4 nitrogen and oxygen atoms in total. The smallest absolute Gasteiger partial charge is 0.408 e. The second kappa shape index (κ2) is 6.44. The van der Waals surface area contributed by atoms with Gasteiger partial charge in [-0.2, -0.15) is 0 Å². The topological polar surface area (TPSA) is 38.4 Å². The lowest BCUT2D eigenvalue weighted by molar-refractivity contribution is 0.164. The van der Waals surface area contributed by atoms with Crippen LogP contribution in [0.1, 0.15) is 24.4 Å². The summed E-state index contributed by atoms with van der Waals surface area (Å²) in [4.78, 5) is 14.3. The minimum atomic E-state index is -0.534. The molecule has 1 saturated heterocycles. The average Bonchev–Trinajstić information content (AvgIpc) is 2.94. The van der Waals surface area contributed by atoms with Crippen molar-refractivity contribution in [3.8, 4) is 0 Å². The molecule has 1 fully saturated rings. The summed E-state index contributed by atoms with van der Waals surface area (Å²) in [5, 5.41) is 0. The third kappa shape index (κ3) is 2.98. The highest BCUT2D eigenvalue weighted by Gasteiger charge is 2.26. The van der Waals surface area contributed by atoms with Crippen LogP contribution in [-0.2, 0) is 6.54 Å². The van der Waals surface area contributed by atoms with Gasteiger partial charge in [0.2, 0.25) is 0 Å². The molecule has 0 aliphatic carbocycles. The van der Waals surface area contributed by atoms with Crippen LogP contribution < -0.4 is 5.76 Å². The highest BCUT2D eigenvalue weighted by molar-refractivity contribution is 5.72. The molecular weight excluding hydrogens is 326 g/mol. The van der Waals surface area contributed by atoms with E-state index in [2.05, 4.69) is 0 Å². The number of hydrogen-bond acceptors (Lipinski definition) is 3. The SMILES string of the molecule is O=c1oc2ccccc2n1C1CCCN(Cc2c(F)cccc2F)C1. The van der Waals surface area contributed by atoms with E-state index in [1.54, 1.807) is 10.6 Å². The molecule has 4 rings (SSSR count). The number of likely N-dealkylation sites (tertiary alicyclic amines) is 1. The zero-order chi connectivity index (χ0) is 17.4. The maximum atomic E-state index is 13.9. The number of nitrogens with zero attached hydrogens (tertiary/aromatic N) is 2. The van der Waals surface area contributed by atoms with E-state index in [9.17, 15) is 13.6 Å². The maximum Gasteiger partial charge on any atom is 0.420 e. The normalized spacial score (nSPS) is 18.7. The first-order chi connectivity index (χ1) is 12.1. The van der Waals surface area contributed by atoms with E-state index in [0.717, 1.165) is 24.9 Å². The summed E-state index contributed by atoms with van der Waals surface area (Å²) >= 11 is 0. The Labute approximate surface area is 143 Å². The molecule has 0 N–H and O–H groups in total. The van der Waals surface area contributed by atoms with Crippen molar-refractivity contribution in [2.45, 2.75) is 25.4 Å². The van der Waals surface area contributed by atoms with Crippen molar-refractivity contribution in [1.82, 2.24) is 9.47 Å². The Balaban J connectivity index is 1.61. The van der Waals surface area contributed by atoms with Crippen LogP contribution in [0.25, 0.3) is 11.1 Å². The molecule has 3 aromatic rings. The number of rotatable bonds is 3. The summed E-state index contributed by atoms with van der Waals surface area (Å²) in [7, 11) is 0. The monoisotopic (exact) mass is 344 g/mol. The van der Waals surface area contributed by atoms with Crippen molar-refractivity contribution in [2.75, 3.05) is 13.1 Å². The number of oxazole rings is 1. The van der Waals surface area contributed by atoms with Crippen molar-refractivity contribution in [2.24, 2.45) is 0 Å². The number of benzene rings is 2. The van der Waals surface area contributed by atoms with Crippen molar-refractivity contribution < 1.29 is 13.2 Å². The molecule has 0 saturated carbocycles. The van der Waals surface area contributed by atoms with Gasteiger partial charge in [-0.15, -0.1) is 0 Å². The van der Waals surface area contributed by atoms with Gasteiger partial charge in [-0.1, -0.05) is 18.2 Å². The van der Waals surface area contributed by atoms with Crippen molar-refractivity contribution in [1.29, 1.82) is 0 Å². The van der Waals surface area contributed by atoms with Crippen LogP contribution in [0.4, 0.5) is 8.78 Å². The molecular formula is C19H18F2N2O2. The van der Waals surface area contributed by atoms with Gasteiger partial charge in [0.15, 0.2) is 5.58 Å². The Kier molecular flexibility index (Phi) is 4.13. The van der Waals surface area contributed by atoms with Gasteiger partial charge in [0.05, 0.1) is 11.6 Å². The largest absolute Gasteiger partial charge is 0.420 e. The standard InChI is InChI=1S/C19H18F2N2O2/c20-15-6-3-7-16(21)14(15)12-22-10-4-5-13(11-22)23-17-8-1-2-9-18(17)25-19(23)24/h1-3,6-9,13H,4-5,10-12H2. The van der Waals surface area contributed by atoms with E-state index < -0.39 is 11.6 Å². The summed E-state index contributed by atoms with van der Waals surface area (Å²) in [5.74, 6) is -1.45. The summed E-state index contributed by atoms with van der Waals surface area (Å²) in [6.07, 6.45) is 1.69. The number of piperidine rings is 1. The van der Waals surface area contributed by atoms with Gasteiger partial charge >= 0.3 is 5.76 Å². The first kappa shape index (κ1) is 16.0. The number of para-hydroxylation sites is 2. The Morgan fingerprint density at radius 3 is 2.64 bits per heavy atom. The second-order valence-electron chi connectivity index (χ2n) is 6.44. The van der Waals surface area contributed by atoms with Crippen LogP contribution >= 0.6 is 0 Å². The quantitative estimate of drug-likeness (QED) is 0.727. The Morgan fingerprint density at radius 1 is 1.08 bits per heavy atom. The van der Waals surface area contributed by atoms with E-state index in [-0.39, 0.29) is 23.9 Å². The molecule has 1 aliphatic heterocycles. The fraction of sp³-hybridized carbons (Fsp3) is 0.316. The average molecular weight is 344 g/mol. The van der Waals surface area contributed by atoms with Gasteiger partial charge in [0.1, 0.15) is 11.6 Å². The molecule has 130 valence electrons. The Bertz CT molecular complexity index is 943. The van der Waals surface area contributed by atoms with Crippen LogP contribution in [0.2, 0.25) is 0 Å². The fourth-order valence-corrected chi connectivity index (χ4v) is 3.62. The molecule has 1 unspecified atom stereocenters. The number of fused-ring (bicyclic) bond motifs is 1. The molecule has 0 spiro atoms. The Morgan fingerprint density at radius 2 is 1.84 bits per heavy atom. The third-order valence-electron chi connectivity index (χ3n) is 4.81. The van der Waals surface area contributed by atoms with Crippen molar-refractivity contribution in [3.05, 3.63) is 70.2 Å². The zero-order valence-electron chi connectivity index (χ0n) is 13.6. The van der Waals surface area contributed by atoms with Gasteiger partial charge in [-0.05, 0) is 43.7 Å². The molecule has 1 atom stereocenters. The zero-order valence-corrected chi connectivity index (χ0v) is 13.6. The van der Waals surface area contributed by atoms with E-state index in [1.807, 2.05) is 23.1 Å². The molecule has 0 bridgehead atoms. The van der Waals surface area contributed by atoms with E-state index in [1.165, 1.54) is 18.2 Å². The van der Waals surface area contributed by atoms with E-state index in [0.29, 0.717) is 12.1 Å². The molecule has 1 aromatic heterocycles. The molecule has 1 aliphatic rings. The van der Waals surface area contributed by atoms with Crippen LogP contribution in [0.3, 0.4) is 0 Å². The van der Waals surface area contributed by atoms with Crippen molar-refractivity contribution >= 4 is 11.1 Å². The first-order valence-corrected chi connectivity index (χ1v) is 8.39. The minimum absolute atomic E-state index is 0.0697. The van der Waals surface area contributed by atoms with Gasteiger partial charge in [-0.3, -0.25) is 9.47 Å². The van der Waals surface area contributed by atoms with Gasteiger partial charge in [0, 0.05) is 18.7 Å². The summed E-state index contributed by atoms with van der Waals surface area (Å²) in [6.45, 7) is 1.49. The van der Waals surface area contributed by atoms with Crippen LogP contribution in [0.5, 0.6) is 0 Å². The third-order valence-corrected chi connectivity index (χ3v) is 4.81. The van der Waals surface area contributed by atoms with Gasteiger partial charge < -0.3 is 4.42 Å². The van der Waals surface area contributed by atoms with Gasteiger partial charge in [-0.25, -0.2) is 13.6 Å². The van der Waals surface area contributed by atoms with Crippen LogP contribution in [-0.4, -0.2) is 22.6 Å². The summed E-state index contributed by atoms with van der Waals surface area (Å²) < 4.78 is 34.8. The predicted molar refractivity (Wildman–Crippen MR) is 90.4 cm³/mol. The molecule has 0 amide bonds. The number of aromatic nitrogens is 1. The molecule has 6 heteroatoms. The first-order valence-electron chi connectivity index (χ1n) is 8.39. The molecule has 0 radical (unpaired) electrons. The highest BCUT2D eigenvalue weighted by Crippen LogP contribution is 2.26. The molecule has 2 heterocycles. The minimum Gasteiger partial charge on any atom is -0.408 e. The lowest BCUT2D eigenvalue weighted by atomic mass is 10.0. The van der Waals surface area contributed by atoms with E-state index in [4.69, 9.17) is 4.42 Å². The van der Waals surface area contributed by atoms with Gasteiger partial charge in [0.25, 0.3) is 0 Å². The van der Waals surface area contributed by atoms with Crippen LogP contribution in [0.15, 0.2) is 51.7 Å². The number of hydrogen-bond donors (Lipinski definition) is 0. The number of halogens is 2. The highest BCUT2D eigenvalue weighted by atomic mass is 19.1. The fourth-order valence-electron chi connectivity index (χ4n) is 3.62. The maximum absolute atomic E-state index is 13.9. The summed E-state index contributed by atoms with van der Waals surface area (Å²) in [5.41, 5.74) is 1.40. The molecule has 2 aromatic carbocycles. The lowest BCUT2D eigenvalue weighted by Gasteiger charge is -2.33. The molecule has 25 heavy (non-hydrogen) atoms. The second-order valence-corrected chi connectivity index (χ2v) is 6.44. The Hall–Kier alpha value is -2.47. The lowest BCUT2D eigenvalue weighted by Crippen LogP contribution is -2.38. The van der Waals surface area contributed by atoms with E-state index >= 15 is 0 Å². The van der Waals surface area contributed by atoms with Crippen LogP contribution in [0, 0.1) is 11.6 Å². The van der Waals surface area contributed by atoms with Crippen molar-refractivity contribution in [3.63, 3.8) is 0 Å². The predicted octanol–water partition coefficient (Wildman–Crippen LogP) is 3.71. The summed E-state index contributed by atoms with van der Waals surface area (Å²) in [6, 6.07) is 11.1.